The van der Waals surface area contributed by atoms with E-state index in [9.17, 15) is 9.59 Å². The van der Waals surface area contributed by atoms with Gasteiger partial charge < -0.3 is 9.84 Å². The molecular weight excluding hydrogens is 324 g/mol. The lowest BCUT2D eigenvalue weighted by Crippen LogP contribution is -2.33. The largest absolute Gasteiger partial charge is 0.360 e. The van der Waals surface area contributed by atoms with Crippen LogP contribution in [0, 0.1) is 20.8 Å². The highest BCUT2D eigenvalue weighted by Gasteiger charge is 2.20. The molecule has 0 fully saturated rings. The van der Waals surface area contributed by atoms with Crippen molar-refractivity contribution in [3.63, 3.8) is 0 Å². The second-order valence-corrected chi connectivity index (χ2v) is 5.80. The van der Waals surface area contributed by atoms with Crippen LogP contribution in [0.25, 0.3) is 5.82 Å². The number of carbonyl (C=O) groups is 1. The third-order valence-electron chi connectivity index (χ3n) is 3.66. The first-order valence-corrected chi connectivity index (χ1v) is 7.73. The van der Waals surface area contributed by atoms with Crippen LogP contribution in [0.1, 0.15) is 30.1 Å². The molecule has 3 heterocycles. The summed E-state index contributed by atoms with van der Waals surface area (Å²) in [5, 5.41) is 14.9. The molecule has 0 saturated heterocycles. The molecule has 0 aliphatic heterocycles. The van der Waals surface area contributed by atoms with Gasteiger partial charge in [0.2, 0.25) is 5.91 Å². The molecule has 0 aliphatic rings. The van der Waals surface area contributed by atoms with Gasteiger partial charge in [-0.05, 0) is 39.8 Å². The second kappa shape index (κ2) is 6.34. The smallest absolute Gasteiger partial charge is 0.267 e. The van der Waals surface area contributed by atoms with E-state index in [0.29, 0.717) is 11.6 Å². The van der Waals surface area contributed by atoms with Crippen molar-refractivity contribution in [3.05, 3.63) is 51.8 Å². The van der Waals surface area contributed by atoms with Crippen LogP contribution in [-0.2, 0) is 4.79 Å². The van der Waals surface area contributed by atoms with Crippen LogP contribution in [0.2, 0.25) is 0 Å². The SMILES string of the molecule is Cc1cc(C)n(-c2ccc(=O)n([C@H](C)C(=O)Nc3cc(C)on3)n2)n1. The molecule has 0 saturated carbocycles. The summed E-state index contributed by atoms with van der Waals surface area (Å²) in [6.07, 6.45) is 0. The monoisotopic (exact) mass is 342 g/mol. The number of nitrogens with one attached hydrogen (secondary N) is 1. The van der Waals surface area contributed by atoms with E-state index in [0.717, 1.165) is 16.1 Å². The molecule has 9 heteroatoms. The summed E-state index contributed by atoms with van der Waals surface area (Å²) >= 11 is 0. The molecule has 3 rings (SSSR count). The Morgan fingerprint density at radius 2 is 1.96 bits per heavy atom. The minimum Gasteiger partial charge on any atom is -0.360 e. The van der Waals surface area contributed by atoms with Crippen LogP contribution in [0.15, 0.2) is 33.6 Å². The number of nitrogens with zero attached hydrogens (tertiary/aromatic N) is 5. The molecule has 25 heavy (non-hydrogen) atoms. The molecule has 1 atom stereocenters. The maximum absolute atomic E-state index is 12.4. The minimum atomic E-state index is -0.832. The summed E-state index contributed by atoms with van der Waals surface area (Å²) in [4.78, 5) is 24.5. The number of aromatic nitrogens is 5. The van der Waals surface area contributed by atoms with Crippen LogP contribution >= 0.6 is 0 Å². The predicted octanol–water partition coefficient (Wildman–Crippen LogP) is 1.54. The van der Waals surface area contributed by atoms with Gasteiger partial charge in [0.25, 0.3) is 5.56 Å². The molecule has 0 radical (unpaired) electrons. The van der Waals surface area contributed by atoms with Gasteiger partial charge in [0.1, 0.15) is 11.8 Å². The summed E-state index contributed by atoms with van der Waals surface area (Å²) in [7, 11) is 0. The van der Waals surface area contributed by atoms with E-state index in [1.807, 2.05) is 19.9 Å². The van der Waals surface area contributed by atoms with Gasteiger partial charge in [-0.2, -0.15) is 5.10 Å². The van der Waals surface area contributed by atoms with Gasteiger partial charge in [0.15, 0.2) is 11.6 Å². The van der Waals surface area contributed by atoms with Gasteiger partial charge in [0, 0.05) is 17.8 Å². The van der Waals surface area contributed by atoms with Crippen molar-refractivity contribution in [3.8, 4) is 5.82 Å². The van der Waals surface area contributed by atoms with E-state index in [2.05, 4.69) is 20.7 Å². The van der Waals surface area contributed by atoms with Crippen molar-refractivity contribution >= 4 is 11.7 Å². The molecule has 1 N–H and O–H groups in total. The fourth-order valence-electron chi connectivity index (χ4n) is 2.43. The van der Waals surface area contributed by atoms with Crippen LogP contribution in [-0.4, -0.2) is 30.6 Å². The molecule has 0 aliphatic carbocycles. The molecule has 3 aromatic heterocycles. The summed E-state index contributed by atoms with van der Waals surface area (Å²) in [6, 6.07) is 5.60. The Labute approximate surface area is 143 Å². The number of aryl methyl sites for hydroxylation is 3. The molecule has 1 amide bonds. The second-order valence-electron chi connectivity index (χ2n) is 5.80. The van der Waals surface area contributed by atoms with Crippen molar-refractivity contribution < 1.29 is 9.32 Å². The highest BCUT2D eigenvalue weighted by molar-refractivity contribution is 5.92. The van der Waals surface area contributed by atoms with Gasteiger partial charge in [-0.1, -0.05) is 5.16 Å². The molecule has 9 nitrogen and oxygen atoms in total. The van der Waals surface area contributed by atoms with E-state index in [1.165, 1.54) is 6.07 Å². The number of hydrogen-bond acceptors (Lipinski definition) is 6. The maximum atomic E-state index is 12.4. The Morgan fingerprint density at radius 3 is 2.56 bits per heavy atom. The van der Waals surface area contributed by atoms with Crippen molar-refractivity contribution in [2.24, 2.45) is 0 Å². The van der Waals surface area contributed by atoms with Gasteiger partial charge in [-0.25, -0.2) is 9.36 Å². The summed E-state index contributed by atoms with van der Waals surface area (Å²) < 4.78 is 7.65. The topological polar surface area (TPSA) is 108 Å². The Morgan fingerprint density at radius 1 is 1.20 bits per heavy atom. The molecule has 0 aromatic carbocycles. The third-order valence-corrected chi connectivity index (χ3v) is 3.66. The number of hydrogen-bond donors (Lipinski definition) is 1. The van der Waals surface area contributed by atoms with Crippen LogP contribution in [0.4, 0.5) is 5.82 Å². The van der Waals surface area contributed by atoms with Gasteiger partial charge in [-0.15, -0.1) is 5.10 Å². The minimum absolute atomic E-state index is 0.289. The van der Waals surface area contributed by atoms with Gasteiger partial charge in [0.05, 0.1) is 5.69 Å². The fourth-order valence-corrected chi connectivity index (χ4v) is 2.43. The normalized spacial score (nSPS) is 12.2. The number of rotatable bonds is 4. The van der Waals surface area contributed by atoms with E-state index in [1.54, 1.807) is 30.7 Å². The van der Waals surface area contributed by atoms with Crippen molar-refractivity contribution in [1.82, 2.24) is 24.7 Å². The van der Waals surface area contributed by atoms with Crippen molar-refractivity contribution in [2.45, 2.75) is 33.7 Å². The van der Waals surface area contributed by atoms with Crippen molar-refractivity contribution in [1.29, 1.82) is 0 Å². The Hall–Kier alpha value is -3.23. The average Bonchev–Trinajstić information content (AvgIpc) is 3.12. The highest BCUT2D eigenvalue weighted by atomic mass is 16.5. The van der Waals surface area contributed by atoms with E-state index in [-0.39, 0.29) is 11.4 Å². The third kappa shape index (κ3) is 3.35. The van der Waals surface area contributed by atoms with Gasteiger partial charge >= 0.3 is 0 Å². The van der Waals surface area contributed by atoms with Crippen LogP contribution < -0.4 is 10.9 Å². The highest BCUT2D eigenvalue weighted by Crippen LogP contribution is 2.12. The van der Waals surface area contributed by atoms with E-state index in [4.69, 9.17) is 4.52 Å². The first-order chi connectivity index (χ1) is 11.8. The molecular formula is C16H18N6O3. The quantitative estimate of drug-likeness (QED) is 0.770. The molecule has 0 bridgehead atoms. The summed E-state index contributed by atoms with van der Waals surface area (Å²) in [5.41, 5.74) is 1.33. The Bertz CT molecular complexity index is 984. The number of carbonyl (C=O) groups excluding carboxylic acids is 1. The zero-order valence-corrected chi connectivity index (χ0v) is 14.3. The number of amides is 1. The van der Waals surface area contributed by atoms with E-state index < -0.39 is 11.9 Å². The zero-order valence-electron chi connectivity index (χ0n) is 14.3. The van der Waals surface area contributed by atoms with Crippen LogP contribution in [0.5, 0.6) is 0 Å². The maximum Gasteiger partial charge on any atom is 0.267 e. The standard InChI is InChI=1S/C16H18N6O3/c1-9-7-10(2)21(18-9)14-5-6-15(23)22(19-14)12(4)16(24)17-13-8-11(3)25-20-13/h5-8,12H,1-4H3,(H,17,20,24)/t12-/m1/s1. The van der Waals surface area contributed by atoms with Gasteiger partial charge in [-0.3, -0.25) is 9.59 Å². The number of anilines is 1. The fraction of sp³-hybridized carbons (Fsp3) is 0.312. The lowest BCUT2D eigenvalue weighted by Gasteiger charge is -2.14. The summed E-state index contributed by atoms with van der Waals surface area (Å²) in [6.45, 7) is 7.06. The lowest BCUT2D eigenvalue weighted by atomic mass is 10.3. The molecule has 3 aromatic rings. The summed E-state index contributed by atoms with van der Waals surface area (Å²) in [5.74, 6) is 0.900. The van der Waals surface area contributed by atoms with Crippen LogP contribution in [0.3, 0.4) is 0 Å². The lowest BCUT2D eigenvalue weighted by molar-refractivity contribution is -0.119. The Kier molecular flexibility index (Phi) is 4.22. The molecule has 0 spiro atoms. The molecule has 0 unspecified atom stereocenters. The Balaban J connectivity index is 1.90. The first kappa shape index (κ1) is 16.6. The zero-order chi connectivity index (χ0) is 18.1. The molecule has 130 valence electrons. The first-order valence-electron chi connectivity index (χ1n) is 7.73. The predicted molar refractivity (Wildman–Crippen MR) is 89.7 cm³/mol. The van der Waals surface area contributed by atoms with E-state index >= 15 is 0 Å². The van der Waals surface area contributed by atoms with Crippen molar-refractivity contribution in [2.75, 3.05) is 5.32 Å². The average molecular weight is 342 g/mol.